The van der Waals surface area contributed by atoms with Gasteiger partial charge in [0, 0.05) is 35.8 Å². The van der Waals surface area contributed by atoms with Gasteiger partial charge in [-0.1, -0.05) is 42.1 Å². The Kier molecular flexibility index (Phi) is 7.42. The van der Waals surface area contributed by atoms with Gasteiger partial charge in [0.05, 0.1) is 24.4 Å². The number of nitrogens with zero attached hydrogens (tertiary/aromatic N) is 3. The summed E-state index contributed by atoms with van der Waals surface area (Å²) < 4.78 is 5.42. The van der Waals surface area contributed by atoms with Crippen molar-refractivity contribution >= 4 is 40.6 Å². The molecule has 6 nitrogen and oxygen atoms in total. The first-order chi connectivity index (χ1) is 15.6. The van der Waals surface area contributed by atoms with Gasteiger partial charge in [-0.25, -0.2) is 9.97 Å². The first-order valence-electron chi connectivity index (χ1n) is 10.2. The molecule has 1 saturated heterocycles. The number of halogens is 1. The van der Waals surface area contributed by atoms with Gasteiger partial charge >= 0.3 is 0 Å². The average molecular weight is 467 g/mol. The van der Waals surface area contributed by atoms with Crippen LogP contribution in [0.1, 0.15) is 11.4 Å². The van der Waals surface area contributed by atoms with E-state index in [0.29, 0.717) is 28.0 Å². The number of aromatic nitrogens is 2. The summed E-state index contributed by atoms with van der Waals surface area (Å²) in [4.78, 5) is 23.8. The van der Waals surface area contributed by atoms with E-state index >= 15 is 0 Å². The third-order valence-corrected chi connectivity index (χ3v) is 6.36. The highest BCUT2D eigenvalue weighted by Crippen LogP contribution is 2.32. The van der Waals surface area contributed by atoms with Crippen LogP contribution in [0.3, 0.4) is 0 Å². The normalized spacial score (nSPS) is 13.6. The van der Waals surface area contributed by atoms with Crippen molar-refractivity contribution in [2.75, 3.05) is 36.5 Å². The van der Waals surface area contributed by atoms with E-state index in [1.165, 1.54) is 23.5 Å². The number of anilines is 2. The number of nitrogens with one attached hydrogen (secondary N) is 1. The van der Waals surface area contributed by atoms with Crippen LogP contribution >= 0.6 is 23.4 Å². The minimum atomic E-state index is -0.244. The largest absolute Gasteiger partial charge is 0.378 e. The highest BCUT2D eigenvalue weighted by atomic mass is 35.5. The molecule has 3 aromatic rings. The molecule has 0 unspecified atom stereocenters. The predicted molar refractivity (Wildman–Crippen MR) is 129 cm³/mol. The van der Waals surface area contributed by atoms with Gasteiger partial charge in [0.1, 0.15) is 10.9 Å². The molecule has 0 atom stereocenters. The van der Waals surface area contributed by atoms with E-state index in [9.17, 15) is 4.79 Å². The van der Waals surface area contributed by atoms with E-state index < -0.39 is 0 Å². The fraction of sp³-hybridized carbons (Fsp3) is 0.208. The van der Waals surface area contributed by atoms with Crippen molar-refractivity contribution in [1.82, 2.24) is 9.97 Å². The molecule has 0 aliphatic carbocycles. The molecular formula is C24H23ClN4O2S. The van der Waals surface area contributed by atoms with Crippen molar-refractivity contribution in [1.29, 1.82) is 0 Å². The van der Waals surface area contributed by atoms with Crippen LogP contribution < -0.4 is 10.2 Å². The maximum absolute atomic E-state index is 11.4. The van der Waals surface area contributed by atoms with Crippen molar-refractivity contribution in [2.45, 2.75) is 16.3 Å². The molecule has 2 heterocycles. The minimum absolute atomic E-state index is 0.244. The van der Waals surface area contributed by atoms with Crippen LogP contribution in [0.15, 0.2) is 77.3 Å². The Labute approximate surface area is 196 Å². The fourth-order valence-electron chi connectivity index (χ4n) is 3.28. The number of amides is 1. The monoisotopic (exact) mass is 466 g/mol. The Balaban J connectivity index is 1.42. The predicted octanol–water partition coefficient (Wildman–Crippen LogP) is 4.83. The lowest BCUT2D eigenvalue weighted by Gasteiger charge is -2.28. The highest BCUT2D eigenvalue weighted by molar-refractivity contribution is 7.99. The van der Waals surface area contributed by atoms with E-state index in [1.54, 1.807) is 6.20 Å². The Hall–Kier alpha value is -2.87. The molecule has 0 bridgehead atoms. The number of carbonyl (C=O) groups excluding carboxylic acids is 1. The second-order valence-corrected chi connectivity index (χ2v) is 8.67. The zero-order valence-corrected chi connectivity index (χ0v) is 19.0. The molecule has 4 rings (SSSR count). The van der Waals surface area contributed by atoms with E-state index in [-0.39, 0.29) is 5.91 Å². The number of rotatable bonds is 7. The van der Waals surface area contributed by atoms with Gasteiger partial charge < -0.3 is 15.0 Å². The van der Waals surface area contributed by atoms with Crippen LogP contribution in [-0.4, -0.2) is 42.2 Å². The molecular weight excluding hydrogens is 444 g/mol. The van der Waals surface area contributed by atoms with E-state index in [1.807, 2.05) is 24.3 Å². The van der Waals surface area contributed by atoms with Gasteiger partial charge in [-0.15, -0.1) is 0 Å². The number of hydrogen-bond acceptors (Lipinski definition) is 6. The second-order valence-electron chi connectivity index (χ2n) is 7.20. The summed E-state index contributed by atoms with van der Waals surface area (Å²) >= 11 is 7.80. The summed E-state index contributed by atoms with van der Waals surface area (Å²) in [5, 5.41) is 3.93. The lowest BCUT2D eigenvalue weighted by atomic mass is 10.1. The quantitative estimate of drug-likeness (QED) is 0.397. The van der Waals surface area contributed by atoms with Crippen LogP contribution in [0.5, 0.6) is 0 Å². The molecule has 2 aromatic carbocycles. The highest BCUT2D eigenvalue weighted by Gasteiger charge is 2.12. The van der Waals surface area contributed by atoms with Gasteiger partial charge in [0.25, 0.3) is 0 Å². The molecule has 1 fully saturated rings. The van der Waals surface area contributed by atoms with E-state index in [0.717, 1.165) is 36.8 Å². The van der Waals surface area contributed by atoms with Crippen molar-refractivity contribution in [3.05, 3.63) is 83.8 Å². The summed E-state index contributed by atoms with van der Waals surface area (Å²) in [5.74, 6) is 0.470. The Morgan fingerprint density at radius 1 is 1.16 bits per heavy atom. The number of hydrogen-bond donors (Lipinski definition) is 1. The molecule has 1 aliphatic heterocycles. The summed E-state index contributed by atoms with van der Waals surface area (Å²) in [5.41, 5.74) is 3.05. The molecule has 1 N–H and O–H groups in total. The summed E-state index contributed by atoms with van der Waals surface area (Å²) in [7, 11) is 0. The molecule has 0 saturated carbocycles. The van der Waals surface area contributed by atoms with Crippen LogP contribution in [-0.2, 0) is 16.0 Å². The lowest BCUT2D eigenvalue weighted by Crippen LogP contribution is -2.36. The van der Waals surface area contributed by atoms with Crippen LogP contribution in [0.2, 0.25) is 5.02 Å². The standard InChI is InChI=1S/C24H23ClN4O2S/c1-2-23(30)27-18-5-9-20(10-6-18)32-24-21(25)16-26-22(28-24)15-17-3-7-19(8-4-17)29-11-13-31-14-12-29/h2-10,16H,1,11-15H2,(H,27,30). The number of morpholine rings is 1. The summed E-state index contributed by atoms with van der Waals surface area (Å²) in [6.45, 7) is 6.83. The van der Waals surface area contributed by atoms with Crippen LogP contribution in [0.4, 0.5) is 11.4 Å². The van der Waals surface area contributed by atoms with Gasteiger partial charge in [-0.2, -0.15) is 0 Å². The summed E-state index contributed by atoms with van der Waals surface area (Å²) in [6, 6.07) is 16.0. The van der Waals surface area contributed by atoms with Gasteiger partial charge in [-0.3, -0.25) is 4.79 Å². The van der Waals surface area contributed by atoms with Gasteiger partial charge in [0.2, 0.25) is 5.91 Å². The molecule has 1 aromatic heterocycles. The van der Waals surface area contributed by atoms with Crippen molar-refractivity contribution in [3.8, 4) is 0 Å². The third-order valence-electron chi connectivity index (χ3n) is 4.96. The molecule has 32 heavy (non-hydrogen) atoms. The first kappa shape index (κ1) is 22.3. The van der Waals surface area contributed by atoms with E-state index in [4.69, 9.17) is 16.3 Å². The topological polar surface area (TPSA) is 67.4 Å². The van der Waals surface area contributed by atoms with Crippen molar-refractivity contribution < 1.29 is 9.53 Å². The number of benzene rings is 2. The van der Waals surface area contributed by atoms with Crippen LogP contribution in [0, 0.1) is 0 Å². The van der Waals surface area contributed by atoms with Crippen molar-refractivity contribution in [2.24, 2.45) is 0 Å². The van der Waals surface area contributed by atoms with Gasteiger partial charge in [0.15, 0.2) is 0 Å². The molecule has 1 aliphatic rings. The smallest absolute Gasteiger partial charge is 0.247 e. The molecule has 0 radical (unpaired) electrons. The average Bonchev–Trinajstić information content (AvgIpc) is 2.83. The first-order valence-corrected chi connectivity index (χ1v) is 11.4. The Morgan fingerprint density at radius 3 is 2.56 bits per heavy atom. The minimum Gasteiger partial charge on any atom is -0.378 e. The Bertz CT molecular complexity index is 1080. The summed E-state index contributed by atoms with van der Waals surface area (Å²) in [6.07, 6.45) is 3.51. The zero-order valence-electron chi connectivity index (χ0n) is 17.5. The SMILES string of the molecule is C=CC(=O)Nc1ccc(Sc2nc(Cc3ccc(N4CCOCC4)cc3)ncc2Cl)cc1. The van der Waals surface area contributed by atoms with Gasteiger partial charge in [-0.05, 0) is 48.0 Å². The zero-order chi connectivity index (χ0) is 22.3. The molecule has 1 amide bonds. The maximum Gasteiger partial charge on any atom is 0.247 e. The fourth-order valence-corrected chi connectivity index (χ4v) is 4.29. The number of ether oxygens (including phenoxy) is 1. The second kappa shape index (κ2) is 10.6. The number of carbonyl (C=O) groups is 1. The van der Waals surface area contributed by atoms with Crippen LogP contribution in [0.25, 0.3) is 0 Å². The van der Waals surface area contributed by atoms with Crippen molar-refractivity contribution in [3.63, 3.8) is 0 Å². The third kappa shape index (κ3) is 5.88. The molecule has 0 spiro atoms. The molecule has 164 valence electrons. The molecule has 8 heteroatoms. The maximum atomic E-state index is 11.4. The van der Waals surface area contributed by atoms with E-state index in [2.05, 4.69) is 51.0 Å². The Morgan fingerprint density at radius 2 is 1.88 bits per heavy atom. The lowest BCUT2D eigenvalue weighted by molar-refractivity contribution is -0.111.